The fourth-order valence-corrected chi connectivity index (χ4v) is 2.50. The molecule has 1 fully saturated rings. The summed E-state index contributed by atoms with van der Waals surface area (Å²) in [4.78, 5) is 14.3. The Kier molecular flexibility index (Phi) is 4.20. The molecular weight excluding hydrogens is 282 g/mol. The molecule has 1 aromatic heterocycles. The average Bonchev–Trinajstić information content (AvgIpc) is 2.60. The molecule has 1 saturated heterocycles. The molecule has 17 heavy (non-hydrogen) atoms. The second kappa shape index (κ2) is 5.67. The molecule has 1 unspecified atom stereocenters. The molecule has 1 aromatic rings. The van der Waals surface area contributed by atoms with E-state index in [-0.39, 0.29) is 11.9 Å². The van der Waals surface area contributed by atoms with E-state index in [0.717, 1.165) is 30.4 Å². The molecular formula is C12H18BrN3O. The summed E-state index contributed by atoms with van der Waals surface area (Å²) >= 11 is 3.35. The van der Waals surface area contributed by atoms with E-state index in [9.17, 15) is 4.79 Å². The van der Waals surface area contributed by atoms with Gasteiger partial charge in [0, 0.05) is 19.3 Å². The molecule has 0 bridgehead atoms. The SMILES string of the molecule is CC(C(=O)N1CCCCCC1)n1cc(Br)cn1. The summed E-state index contributed by atoms with van der Waals surface area (Å²) in [6.07, 6.45) is 8.30. The van der Waals surface area contributed by atoms with Gasteiger partial charge in [-0.25, -0.2) is 0 Å². The van der Waals surface area contributed by atoms with Crippen molar-refractivity contribution in [2.75, 3.05) is 13.1 Å². The Morgan fingerprint density at radius 1 is 1.35 bits per heavy atom. The summed E-state index contributed by atoms with van der Waals surface area (Å²) in [7, 11) is 0. The lowest BCUT2D eigenvalue weighted by Crippen LogP contribution is -2.37. The monoisotopic (exact) mass is 299 g/mol. The molecule has 1 aliphatic rings. The van der Waals surface area contributed by atoms with E-state index >= 15 is 0 Å². The van der Waals surface area contributed by atoms with Crippen LogP contribution in [0.25, 0.3) is 0 Å². The van der Waals surface area contributed by atoms with Gasteiger partial charge in [0.2, 0.25) is 5.91 Å². The number of carbonyl (C=O) groups is 1. The number of hydrogen-bond acceptors (Lipinski definition) is 2. The average molecular weight is 300 g/mol. The van der Waals surface area contributed by atoms with Crippen molar-refractivity contribution in [3.63, 3.8) is 0 Å². The van der Waals surface area contributed by atoms with Crippen LogP contribution < -0.4 is 0 Å². The zero-order chi connectivity index (χ0) is 12.3. The van der Waals surface area contributed by atoms with Crippen molar-refractivity contribution in [3.8, 4) is 0 Å². The highest BCUT2D eigenvalue weighted by Crippen LogP contribution is 2.17. The van der Waals surface area contributed by atoms with Crippen molar-refractivity contribution < 1.29 is 4.79 Å². The first-order valence-electron chi connectivity index (χ1n) is 6.17. The van der Waals surface area contributed by atoms with E-state index < -0.39 is 0 Å². The van der Waals surface area contributed by atoms with Crippen LogP contribution in [0, 0.1) is 0 Å². The normalized spacial score (nSPS) is 18.8. The summed E-state index contributed by atoms with van der Waals surface area (Å²) in [5.74, 6) is 0.183. The smallest absolute Gasteiger partial charge is 0.247 e. The molecule has 0 spiro atoms. The van der Waals surface area contributed by atoms with Crippen molar-refractivity contribution >= 4 is 21.8 Å². The third-order valence-electron chi connectivity index (χ3n) is 3.24. The maximum Gasteiger partial charge on any atom is 0.247 e. The Morgan fingerprint density at radius 3 is 2.53 bits per heavy atom. The van der Waals surface area contributed by atoms with Crippen LogP contribution in [0.1, 0.15) is 38.6 Å². The first-order valence-corrected chi connectivity index (χ1v) is 6.96. The Hall–Kier alpha value is -0.840. The van der Waals surface area contributed by atoms with Gasteiger partial charge in [-0.05, 0) is 35.7 Å². The van der Waals surface area contributed by atoms with E-state index in [2.05, 4.69) is 21.0 Å². The molecule has 1 amide bonds. The second-order valence-electron chi connectivity index (χ2n) is 4.55. The second-order valence-corrected chi connectivity index (χ2v) is 5.47. The Balaban J connectivity index is 2.03. The Labute approximate surface area is 110 Å². The first kappa shape index (κ1) is 12.6. The van der Waals surface area contributed by atoms with Crippen LogP contribution in [0.5, 0.6) is 0 Å². The van der Waals surface area contributed by atoms with Gasteiger partial charge >= 0.3 is 0 Å². The highest BCUT2D eigenvalue weighted by molar-refractivity contribution is 9.10. The van der Waals surface area contributed by atoms with Crippen molar-refractivity contribution in [1.82, 2.24) is 14.7 Å². The van der Waals surface area contributed by atoms with Gasteiger partial charge in [-0.2, -0.15) is 5.10 Å². The standard InChI is InChI=1S/C12H18BrN3O/c1-10(16-9-11(13)8-14-16)12(17)15-6-4-2-3-5-7-15/h8-10H,2-7H2,1H3. The minimum Gasteiger partial charge on any atom is -0.341 e. The van der Waals surface area contributed by atoms with Gasteiger partial charge in [0.15, 0.2) is 0 Å². The molecule has 0 saturated carbocycles. The van der Waals surface area contributed by atoms with Crippen molar-refractivity contribution in [3.05, 3.63) is 16.9 Å². The van der Waals surface area contributed by atoms with Gasteiger partial charge in [-0.3, -0.25) is 9.48 Å². The molecule has 0 aliphatic carbocycles. The Bertz CT molecular complexity index is 383. The maximum absolute atomic E-state index is 12.3. The van der Waals surface area contributed by atoms with E-state index in [1.165, 1.54) is 12.8 Å². The van der Waals surface area contributed by atoms with E-state index in [1.807, 2.05) is 18.0 Å². The summed E-state index contributed by atoms with van der Waals surface area (Å²) in [6, 6.07) is -0.209. The summed E-state index contributed by atoms with van der Waals surface area (Å²) in [6.45, 7) is 3.70. The highest BCUT2D eigenvalue weighted by Gasteiger charge is 2.22. The lowest BCUT2D eigenvalue weighted by atomic mass is 10.2. The number of carbonyl (C=O) groups excluding carboxylic acids is 1. The van der Waals surface area contributed by atoms with Gasteiger partial charge < -0.3 is 4.90 Å². The van der Waals surface area contributed by atoms with Gasteiger partial charge in [-0.1, -0.05) is 12.8 Å². The maximum atomic E-state index is 12.3. The summed E-state index contributed by atoms with van der Waals surface area (Å²) < 4.78 is 2.63. The van der Waals surface area contributed by atoms with Crippen LogP contribution in [-0.4, -0.2) is 33.7 Å². The molecule has 4 nitrogen and oxygen atoms in total. The number of likely N-dealkylation sites (tertiary alicyclic amines) is 1. The topological polar surface area (TPSA) is 38.1 Å². The molecule has 1 atom stereocenters. The molecule has 0 aromatic carbocycles. The van der Waals surface area contributed by atoms with Gasteiger partial charge in [0.1, 0.15) is 6.04 Å². The first-order chi connectivity index (χ1) is 8.18. The molecule has 0 radical (unpaired) electrons. The van der Waals surface area contributed by atoms with Crippen LogP contribution in [0.15, 0.2) is 16.9 Å². The predicted octanol–water partition coefficient (Wildman–Crippen LogP) is 2.61. The van der Waals surface area contributed by atoms with Crippen LogP contribution >= 0.6 is 15.9 Å². The van der Waals surface area contributed by atoms with E-state index in [0.29, 0.717) is 0 Å². The van der Waals surface area contributed by atoms with Gasteiger partial charge in [0.05, 0.1) is 10.7 Å². The fourth-order valence-electron chi connectivity index (χ4n) is 2.20. The number of halogens is 1. The largest absolute Gasteiger partial charge is 0.341 e. The zero-order valence-electron chi connectivity index (χ0n) is 10.1. The third-order valence-corrected chi connectivity index (χ3v) is 3.65. The summed E-state index contributed by atoms with van der Waals surface area (Å²) in [5, 5.41) is 4.18. The lowest BCUT2D eigenvalue weighted by Gasteiger charge is -2.24. The number of aromatic nitrogens is 2. The van der Waals surface area contributed by atoms with Crippen LogP contribution in [-0.2, 0) is 4.79 Å². The van der Waals surface area contributed by atoms with Crippen molar-refractivity contribution in [2.45, 2.75) is 38.6 Å². The van der Waals surface area contributed by atoms with Crippen molar-refractivity contribution in [2.24, 2.45) is 0 Å². The van der Waals surface area contributed by atoms with E-state index in [4.69, 9.17) is 0 Å². The van der Waals surface area contributed by atoms with Gasteiger partial charge in [0.25, 0.3) is 0 Å². The lowest BCUT2D eigenvalue weighted by molar-refractivity contribution is -0.134. The predicted molar refractivity (Wildman–Crippen MR) is 69.7 cm³/mol. The molecule has 94 valence electrons. The quantitative estimate of drug-likeness (QED) is 0.842. The van der Waals surface area contributed by atoms with Crippen LogP contribution in [0.3, 0.4) is 0 Å². The van der Waals surface area contributed by atoms with E-state index in [1.54, 1.807) is 10.9 Å². The Morgan fingerprint density at radius 2 is 2.00 bits per heavy atom. The number of nitrogens with zero attached hydrogens (tertiary/aromatic N) is 3. The van der Waals surface area contributed by atoms with Gasteiger partial charge in [-0.15, -0.1) is 0 Å². The van der Waals surface area contributed by atoms with Crippen LogP contribution in [0.4, 0.5) is 0 Å². The molecule has 1 aliphatic heterocycles. The fraction of sp³-hybridized carbons (Fsp3) is 0.667. The molecule has 2 rings (SSSR count). The van der Waals surface area contributed by atoms with Crippen molar-refractivity contribution in [1.29, 1.82) is 0 Å². The minimum absolute atomic E-state index is 0.183. The minimum atomic E-state index is -0.209. The number of rotatable bonds is 2. The third kappa shape index (κ3) is 3.09. The number of amides is 1. The highest BCUT2D eigenvalue weighted by atomic mass is 79.9. The number of hydrogen-bond donors (Lipinski definition) is 0. The molecule has 2 heterocycles. The molecule has 0 N–H and O–H groups in total. The zero-order valence-corrected chi connectivity index (χ0v) is 11.7. The van der Waals surface area contributed by atoms with Crippen LogP contribution in [0.2, 0.25) is 0 Å². The molecule has 5 heteroatoms. The summed E-state index contributed by atoms with van der Waals surface area (Å²) in [5.41, 5.74) is 0.